The van der Waals surface area contributed by atoms with Crippen LogP contribution in [0.1, 0.15) is 0 Å². The number of pyridine rings is 1. The smallest absolute Gasteiger partial charge is 0.219 e. The first-order valence-corrected chi connectivity index (χ1v) is 15.1. The zero-order valence-electron chi connectivity index (χ0n) is 24.5. The maximum absolute atomic E-state index is 6.10. The van der Waals surface area contributed by atoms with E-state index in [1.807, 2.05) is 109 Å². The van der Waals surface area contributed by atoms with Crippen LogP contribution in [0.15, 0.2) is 115 Å². The Morgan fingerprint density at radius 2 is 0.851 bits per heavy atom. The molecule has 8 aromatic rings. The number of aromatic nitrogens is 9. The molecule has 2 aliphatic rings. The highest BCUT2D eigenvalue weighted by atomic mass is 16.5. The summed E-state index contributed by atoms with van der Waals surface area (Å²) < 4.78 is 6.10. The summed E-state index contributed by atoms with van der Waals surface area (Å²) in [5, 5.41) is 3.53. The minimum Gasteiger partial charge on any atom is -0.439 e. The van der Waals surface area contributed by atoms with Crippen LogP contribution in [0.5, 0.6) is 11.6 Å². The minimum atomic E-state index is 0.495. The second-order valence-corrected chi connectivity index (χ2v) is 11.2. The Balaban J connectivity index is 1.34. The standard InChI is InChI=1S/C37H21N9O/c1-2-10-22-21(9-1)30-39-31(22)41-33-25-13-5-6-14-26(25)35(43-33)45-37-28-19-20(47-29-15-7-8-18-38-29)16-17-27(28)36(46-37)44-34-24-12-4-3-11-23(24)32(40-30)42-34/h1-19H,(H2,39,40,41,42,43,44,45,46). The highest BCUT2D eigenvalue weighted by Crippen LogP contribution is 2.37. The van der Waals surface area contributed by atoms with Crippen molar-refractivity contribution < 1.29 is 4.74 Å². The van der Waals surface area contributed by atoms with E-state index in [1.165, 1.54) is 0 Å². The number of benzene rings is 4. The summed E-state index contributed by atoms with van der Waals surface area (Å²) in [4.78, 5) is 41.4. The lowest BCUT2D eigenvalue weighted by molar-refractivity contribution is 0.464. The zero-order chi connectivity index (χ0) is 30.9. The first kappa shape index (κ1) is 25.5. The molecule has 0 fully saturated rings. The average Bonchev–Trinajstić information content (AvgIpc) is 3.84. The molecule has 2 N–H and O–H groups in total. The number of nitrogens with zero attached hydrogens (tertiary/aromatic N) is 7. The van der Waals surface area contributed by atoms with E-state index < -0.39 is 0 Å². The van der Waals surface area contributed by atoms with Gasteiger partial charge in [0, 0.05) is 56.1 Å². The van der Waals surface area contributed by atoms with Crippen molar-refractivity contribution in [3.8, 4) is 57.2 Å². The molecule has 8 bridgehead atoms. The molecule has 10 rings (SSSR count). The van der Waals surface area contributed by atoms with Gasteiger partial charge in [0.15, 0.2) is 23.3 Å². The molecular weight excluding hydrogens is 586 g/mol. The van der Waals surface area contributed by atoms with E-state index in [1.54, 1.807) is 6.20 Å². The van der Waals surface area contributed by atoms with Crippen LogP contribution in [-0.4, -0.2) is 44.9 Å². The number of nitrogens with one attached hydrogen (secondary N) is 2. The van der Waals surface area contributed by atoms with Crippen molar-refractivity contribution in [1.29, 1.82) is 0 Å². The summed E-state index contributed by atoms with van der Waals surface area (Å²) in [7, 11) is 0. The molecule has 0 radical (unpaired) electrons. The van der Waals surface area contributed by atoms with Crippen LogP contribution in [-0.2, 0) is 0 Å². The molecular formula is C37H21N9O. The highest BCUT2D eigenvalue weighted by Gasteiger charge is 2.22. The van der Waals surface area contributed by atoms with Gasteiger partial charge < -0.3 is 14.7 Å². The molecule has 0 saturated carbocycles. The van der Waals surface area contributed by atoms with Crippen LogP contribution < -0.4 is 4.74 Å². The molecule has 4 aromatic heterocycles. The van der Waals surface area contributed by atoms with E-state index >= 15 is 0 Å². The third-order valence-electron chi connectivity index (χ3n) is 8.38. The van der Waals surface area contributed by atoms with Gasteiger partial charge in [-0.1, -0.05) is 78.9 Å². The minimum absolute atomic E-state index is 0.495. The van der Waals surface area contributed by atoms with E-state index in [2.05, 4.69) is 15.0 Å². The van der Waals surface area contributed by atoms with E-state index in [0.29, 0.717) is 57.5 Å². The molecule has 0 aliphatic carbocycles. The molecule has 2 aliphatic heterocycles. The highest BCUT2D eigenvalue weighted by molar-refractivity contribution is 6.06. The van der Waals surface area contributed by atoms with Crippen molar-refractivity contribution in [2.75, 3.05) is 0 Å². The third kappa shape index (κ3) is 4.09. The monoisotopic (exact) mass is 607 g/mol. The van der Waals surface area contributed by atoms with Crippen molar-refractivity contribution in [3.05, 3.63) is 115 Å². The molecule has 10 heteroatoms. The van der Waals surface area contributed by atoms with Gasteiger partial charge in [0.05, 0.1) is 0 Å². The predicted molar refractivity (Wildman–Crippen MR) is 180 cm³/mol. The maximum Gasteiger partial charge on any atom is 0.219 e. The van der Waals surface area contributed by atoms with Gasteiger partial charge in [-0.15, -0.1) is 0 Å². The molecule has 4 aromatic carbocycles. The average molecular weight is 608 g/mol. The van der Waals surface area contributed by atoms with E-state index in [9.17, 15) is 0 Å². The van der Waals surface area contributed by atoms with Gasteiger partial charge in [0.25, 0.3) is 0 Å². The topological polar surface area (TPSA) is 131 Å². The predicted octanol–water partition coefficient (Wildman–Crippen LogP) is 8.06. The van der Waals surface area contributed by atoms with Gasteiger partial charge in [-0.25, -0.2) is 34.9 Å². The van der Waals surface area contributed by atoms with Crippen molar-refractivity contribution in [2.24, 2.45) is 0 Å². The van der Waals surface area contributed by atoms with Gasteiger partial charge in [0.1, 0.15) is 28.3 Å². The van der Waals surface area contributed by atoms with Crippen LogP contribution in [0, 0.1) is 0 Å². The first-order valence-electron chi connectivity index (χ1n) is 15.1. The van der Waals surface area contributed by atoms with Gasteiger partial charge in [-0.2, -0.15) is 0 Å². The SMILES string of the molecule is c1ccc(Oc2ccc3c4nc5nc(nc6[nH]c(nc7nc(nc([nH]4)c3c2)-c2ccccc2-7)c2ccccc62)-c2ccccc2-5)nc1. The quantitative estimate of drug-likeness (QED) is 0.202. The molecule has 0 amide bonds. The molecule has 6 heterocycles. The first-order chi connectivity index (χ1) is 23.2. The Hall–Kier alpha value is -6.81. The van der Waals surface area contributed by atoms with Gasteiger partial charge in [-0.05, 0) is 24.3 Å². The number of hydrogen-bond donors (Lipinski definition) is 2. The fourth-order valence-electron chi connectivity index (χ4n) is 6.21. The van der Waals surface area contributed by atoms with Gasteiger partial charge >= 0.3 is 0 Å². The summed E-state index contributed by atoms with van der Waals surface area (Å²) in [5.41, 5.74) is 6.07. The second kappa shape index (κ2) is 9.85. The Kier molecular flexibility index (Phi) is 5.34. The largest absolute Gasteiger partial charge is 0.439 e. The van der Waals surface area contributed by atoms with Crippen molar-refractivity contribution >= 4 is 44.1 Å². The molecule has 0 saturated heterocycles. The fraction of sp³-hybridized carbons (Fsp3) is 0. The summed E-state index contributed by atoms with van der Waals surface area (Å²) in [6.45, 7) is 0. The van der Waals surface area contributed by atoms with E-state index in [4.69, 9.17) is 34.6 Å². The zero-order valence-corrected chi connectivity index (χ0v) is 24.5. The van der Waals surface area contributed by atoms with Crippen molar-refractivity contribution in [3.63, 3.8) is 0 Å². The van der Waals surface area contributed by atoms with Crippen LogP contribution >= 0.6 is 0 Å². The van der Waals surface area contributed by atoms with Gasteiger partial charge in [0.2, 0.25) is 5.88 Å². The van der Waals surface area contributed by atoms with Crippen LogP contribution in [0.3, 0.4) is 0 Å². The molecule has 0 atom stereocenters. The maximum atomic E-state index is 6.10. The lowest BCUT2D eigenvalue weighted by atomic mass is 10.1. The molecule has 10 nitrogen and oxygen atoms in total. The summed E-state index contributed by atoms with van der Waals surface area (Å²) >= 11 is 0. The number of rotatable bonds is 2. The van der Waals surface area contributed by atoms with E-state index in [-0.39, 0.29) is 0 Å². The normalized spacial score (nSPS) is 11.8. The number of fused-ring (bicyclic) bond motifs is 20. The van der Waals surface area contributed by atoms with Crippen molar-refractivity contribution in [1.82, 2.24) is 44.9 Å². The van der Waals surface area contributed by atoms with Gasteiger partial charge in [-0.3, -0.25) is 0 Å². The number of ether oxygens (including phenoxy) is 1. The Morgan fingerprint density at radius 3 is 1.34 bits per heavy atom. The third-order valence-corrected chi connectivity index (χ3v) is 8.38. The molecule has 47 heavy (non-hydrogen) atoms. The molecule has 220 valence electrons. The Bertz CT molecular complexity index is 2730. The van der Waals surface area contributed by atoms with Crippen molar-refractivity contribution in [2.45, 2.75) is 0 Å². The number of H-pyrrole nitrogens is 2. The Labute approximate surface area is 265 Å². The second-order valence-electron chi connectivity index (χ2n) is 11.2. The Morgan fingerprint density at radius 1 is 0.404 bits per heavy atom. The lowest BCUT2D eigenvalue weighted by Crippen LogP contribution is -1.86. The molecule has 0 unspecified atom stereocenters. The fourth-order valence-corrected chi connectivity index (χ4v) is 6.21. The lowest BCUT2D eigenvalue weighted by Gasteiger charge is -2.04. The summed E-state index contributed by atoms with van der Waals surface area (Å²) in [5.74, 6) is 3.33. The molecule has 0 spiro atoms. The van der Waals surface area contributed by atoms with Crippen LogP contribution in [0.4, 0.5) is 0 Å². The summed E-state index contributed by atoms with van der Waals surface area (Å²) in [6.07, 6.45) is 1.70. The van der Waals surface area contributed by atoms with Crippen LogP contribution in [0.2, 0.25) is 0 Å². The van der Waals surface area contributed by atoms with E-state index in [0.717, 1.165) is 43.8 Å². The van der Waals surface area contributed by atoms with Crippen LogP contribution in [0.25, 0.3) is 89.7 Å². The number of hydrogen-bond acceptors (Lipinski definition) is 8. The number of aromatic amines is 2. The summed E-state index contributed by atoms with van der Waals surface area (Å²) in [6, 6.07) is 35.4.